The lowest BCUT2D eigenvalue weighted by Gasteiger charge is -2.22. The van der Waals surface area contributed by atoms with E-state index in [1.807, 2.05) is 13.8 Å². The van der Waals surface area contributed by atoms with Gasteiger partial charge in [-0.05, 0) is 13.8 Å². The van der Waals surface area contributed by atoms with E-state index < -0.39 is 16.1 Å². The maximum absolute atomic E-state index is 9.14. The molecule has 0 rings (SSSR count). The molecule has 0 bridgehead atoms. The Hall–Kier alpha value is -0.596. The van der Waals surface area contributed by atoms with E-state index >= 15 is 0 Å². The van der Waals surface area contributed by atoms with Crippen molar-refractivity contribution >= 4 is 16.1 Å². The highest BCUT2D eigenvalue weighted by atomic mass is 28.3. The predicted molar refractivity (Wildman–Crippen MR) is 83.3 cm³/mol. The van der Waals surface area contributed by atoms with Crippen LogP contribution in [0.2, 0.25) is 39.3 Å². The maximum Gasteiger partial charge on any atom is 0.0772 e. The van der Waals surface area contributed by atoms with Gasteiger partial charge in [-0.2, -0.15) is 5.26 Å². The Balaban J connectivity index is 5.36. The molecular weight excluding hydrogens is 238 g/mol. The van der Waals surface area contributed by atoms with Crippen LogP contribution in [-0.2, 0) is 0 Å². The van der Waals surface area contributed by atoms with Crippen molar-refractivity contribution in [3.63, 3.8) is 0 Å². The molecular formula is C14H27NSi2. The van der Waals surface area contributed by atoms with Crippen molar-refractivity contribution in [1.29, 1.82) is 5.26 Å². The molecule has 0 aliphatic rings. The number of hydrogen-bond donors (Lipinski definition) is 0. The van der Waals surface area contributed by atoms with Gasteiger partial charge in [-0.25, -0.2) is 0 Å². The van der Waals surface area contributed by atoms with E-state index in [9.17, 15) is 0 Å². The van der Waals surface area contributed by atoms with E-state index in [4.69, 9.17) is 5.26 Å². The van der Waals surface area contributed by atoms with Crippen LogP contribution in [0.3, 0.4) is 0 Å². The summed E-state index contributed by atoms with van der Waals surface area (Å²) < 4.78 is 0. The van der Waals surface area contributed by atoms with Crippen LogP contribution >= 0.6 is 0 Å². The lowest BCUT2D eigenvalue weighted by molar-refractivity contribution is 0.642. The minimum Gasteiger partial charge on any atom is -0.197 e. The molecule has 0 spiro atoms. The van der Waals surface area contributed by atoms with Crippen molar-refractivity contribution in [3.05, 3.63) is 23.0 Å². The van der Waals surface area contributed by atoms with Crippen molar-refractivity contribution in [2.45, 2.75) is 53.1 Å². The number of nitriles is 1. The molecule has 0 heterocycles. The van der Waals surface area contributed by atoms with Gasteiger partial charge in [-0.3, -0.25) is 0 Å². The van der Waals surface area contributed by atoms with Crippen LogP contribution in [0.25, 0.3) is 0 Å². The molecule has 0 saturated carbocycles. The molecule has 0 N–H and O–H groups in total. The third kappa shape index (κ3) is 7.35. The summed E-state index contributed by atoms with van der Waals surface area (Å²) in [6.45, 7) is 18.0. The quantitative estimate of drug-likeness (QED) is 0.530. The first kappa shape index (κ1) is 16.4. The lowest BCUT2D eigenvalue weighted by atomic mass is 9.95. The minimum absolute atomic E-state index is 0.362. The van der Waals surface area contributed by atoms with Crippen molar-refractivity contribution in [2.75, 3.05) is 0 Å². The molecule has 0 aromatic carbocycles. The summed E-state index contributed by atoms with van der Waals surface area (Å²) in [5.41, 5.74) is 2.02. The molecule has 96 valence electrons. The standard InChI is InChI=1S/C14H27NSi2/c1-14(2,12-15)11-13(17(6,7)8)9-10-16(3,4)5/h9-11H,1-8H3/b10-9+,13-11+. The molecule has 3 heteroatoms. The molecule has 0 saturated heterocycles. The van der Waals surface area contributed by atoms with E-state index in [-0.39, 0.29) is 5.41 Å². The molecule has 0 aliphatic heterocycles. The second-order valence-corrected chi connectivity index (χ2v) is 17.5. The van der Waals surface area contributed by atoms with Crippen LogP contribution < -0.4 is 0 Å². The predicted octanol–water partition coefficient (Wildman–Crippen LogP) is 4.77. The van der Waals surface area contributed by atoms with Crippen molar-refractivity contribution in [2.24, 2.45) is 5.41 Å². The highest BCUT2D eigenvalue weighted by Gasteiger charge is 2.22. The Labute approximate surface area is 109 Å². The summed E-state index contributed by atoms with van der Waals surface area (Å²) in [5.74, 6) is 0. The highest BCUT2D eigenvalue weighted by Crippen LogP contribution is 2.25. The van der Waals surface area contributed by atoms with Gasteiger partial charge in [-0.1, -0.05) is 62.3 Å². The maximum atomic E-state index is 9.14. The third-order valence-electron chi connectivity index (χ3n) is 2.43. The first-order valence-electron chi connectivity index (χ1n) is 6.21. The van der Waals surface area contributed by atoms with E-state index in [0.717, 1.165) is 0 Å². The number of hydrogen-bond acceptors (Lipinski definition) is 1. The molecule has 0 aromatic heterocycles. The Morgan fingerprint density at radius 3 is 1.82 bits per heavy atom. The normalized spacial score (nSPS) is 15.1. The van der Waals surface area contributed by atoms with E-state index in [1.54, 1.807) is 0 Å². The molecule has 0 unspecified atom stereocenters. The monoisotopic (exact) mass is 265 g/mol. The van der Waals surface area contributed by atoms with Crippen molar-refractivity contribution < 1.29 is 0 Å². The average Bonchev–Trinajstić information content (AvgIpc) is 2.09. The topological polar surface area (TPSA) is 23.8 Å². The molecule has 0 fully saturated rings. The first-order chi connectivity index (χ1) is 7.37. The van der Waals surface area contributed by atoms with Crippen LogP contribution in [0.4, 0.5) is 0 Å². The second kappa shape index (κ2) is 5.37. The van der Waals surface area contributed by atoms with Gasteiger partial charge in [0.25, 0.3) is 0 Å². The number of rotatable bonds is 4. The Bertz CT molecular complexity index is 357. The van der Waals surface area contributed by atoms with Crippen LogP contribution in [0.1, 0.15) is 13.8 Å². The smallest absolute Gasteiger partial charge is 0.0772 e. The van der Waals surface area contributed by atoms with Gasteiger partial charge in [0.05, 0.1) is 27.6 Å². The first-order valence-corrected chi connectivity index (χ1v) is 13.3. The van der Waals surface area contributed by atoms with E-state index in [2.05, 4.69) is 63.2 Å². The summed E-state index contributed by atoms with van der Waals surface area (Å²) in [6, 6.07) is 2.36. The summed E-state index contributed by atoms with van der Waals surface area (Å²) in [4.78, 5) is 0. The SMILES string of the molecule is CC(C)(C#N)/C=C(\C=C\[Si](C)(C)C)[Si](C)(C)C. The molecule has 0 atom stereocenters. The van der Waals surface area contributed by atoms with Crippen LogP contribution in [0, 0.1) is 16.7 Å². The van der Waals surface area contributed by atoms with E-state index in [1.165, 1.54) is 5.20 Å². The molecule has 0 aliphatic carbocycles. The zero-order valence-electron chi connectivity index (χ0n) is 12.7. The van der Waals surface area contributed by atoms with E-state index in [0.29, 0.717) is 0 Å². The summed E-state index contributed by atoms with van der Waals surface area (Å²) in [6.07, 6.45) is 4.45. The van der Waals surface area contributed by atoms with Gasteiger partial charge in [-0.15, -0.1) is 0 Å². The second-order valence-electron chi connectivity index (χ2n) is 7.38. The Morgan fingerprint density at radius 2 is 1.53 bits per heavy atom. The summed E-state index contributed by atoms with van der Waals surface area (Å²) in [7, 11) is -2.53. The minimum atomic E-state index is -1.37. The van der Waals surface area contributed by atoms with Crippen LogP contribution in [0.5, 0.6) is 0 Å². The highest BCUT2D eigenvalue weighted by molar-refractivity contribution is 6.84. The van der Waals surface area contributed by atoms with Gasteiger partial charge in [0, 0.05) is 0 Å². The molecule has 0 radical (unpaired) electrons. The third-order valence-corrected chi connectivity index (χ3v) is 5.64. The fourth-order valence-corrected chi connectivity index (χ4v) is 3.50. The number of nitrogens with zero attached hydrogens (tertiary/aromatic N) is 1. The van der Waals surface area contributed by atoms with Crippen LogP contribution in [-0.4, -0.2) is 16.1 Å². The van der Waals surface area contributed by atoms with Crippen LogP contribution in [0.15, 0.2) is 23.0 Å². The van der Waals surface area contributed by atoms with Crippen molar-refractivity contribution in [1.82, 2.24) is 0 Å². The van der Waals surface area contributed by atoms with Gasteiger partial charge in [0.1, 0.15) is 0 Å². The summed E-state index contributed by atoms with van der Waals surface area (Å²) >= 11 is 0. The van der Waals surface area contributed by atoms with Gasteiger partial charge < -0.3 is 0 Å². The lowest BCUT2D eigenvalue weighted by Crippen LogP contribution is -2.26. The number of allylic oxidation sites excluding steroid dienone is 3. The molecule has 0 aromatic rings. The molecule has 17 heavy (non-hydrogen) atoms. The molecule has 1 nitrogen and oxygen atoms in total. The van der Waals surface area contributed by atoms with Gasteiger partial charge in [0.2, 0.25) is 0 Å². The zero-order valence-corrected chi connectivity index (χ0v) is 14.7. The fraction of sp³-hybridized carbons (Fsp3) is 0.643. The van der Waals surface area contributed by atoms with Crippen molar-refractivity contribution in [3.8, 4) is 6.07 Å². The Morgan fingerprint density at radius 1 is 1.06 bits per heavy atom. The van der Waals surface area contributed by atoms with Gasteiger partial charge in [0.15, 0.2) is 0 Å². The zero-order chi connectivity index (χ0) is 13.9. The fourth-order valence-electron chi connectivity index (χ4n) is 1.28. The molecule has 0 amide bonds. The largest absolute Gasteiger partial charge is 0.197 e. The Kier molecular flexibility index (Phi) is 5.18. The van der Waals surface area contributed by atoms with Gasteiger partial charge >= 0.3 is 0 Å². The summed E-state index contributed by atoms with van der Waals surface area (Å²) in [5, 5.41) is 10.5. The average molecular weight is 266 g/mol.